The molecule has 2 aliphatic heterocycles. The van der Waals surface area contributed by atoms with E-state index >= 15 is 0 Å². The predicted molar refractivity (Wildman–Crippen MR) is 295 cm³/mol. The minimum absolute atomic E-state index is 0.0159. The highest BCUT2D eigenvalue weighted by Gasteiger charge is 2.28. The van der Waals surface area contributed by atoms with Crippen LogP contribution in [0, 0.1) is 0 Å². The van der Waals surface area contributed by atoms with Gasteiger partial charge in [-0.2, -0.15) is 0 Å². The number of epoxide rings is 2. The van der Waals surface area contributed by atoms with E-state index in [9.17, 15) is 15.0 Å². The standard InChI is InChI=1S/C64H70O13/c1-63(2,48-16-24-54(25-17-48)72-38-56-40-74-56)46-12-20-52(21-13-46)70-34-50(65)36-76-58-28-10-42(32-60(58)68-5)30-44-8-7-9-45(62(44)67)31-43-11-29-59(61(33-43)69-6)77-37-51(66)35-71-53-22-14-47(15-23-53)64(3,4)49-18-26-55(27-19-49)73-39-57-41-75-57/h10-33,50-51,56-57,65-66H,7-9,34-41H2,1-6H3/b44-30-,45-31-. The van der Waals surface area contributed by atoms with Crippen molar-refractivity contribution >= 4 is 17.9 Å². The van der Waals surface area contributed by atoms with E-state index in [1.165, 1.54) is 0 Å². The lowest BCUT2D eigenvalue weighted by molar-refractivity contribution is -0.112. The molecule has 3 aliphatic rings. The Bertz CT molecular complexity index is 2770. The Hall–Kier alpha value is -7.29. The largest absolute Gasteiger partial charge is 0.493 e. The van der Waals surface area contributed by atoms with Crippen LogP contribution in [0.1, 0.15) is 80.3 Å². The fourth-order valence-corrected chi connectivity index (χ4v) is 9.13. The number of benzene rings is 6. The molecule has 0 radical (unpaired) electrons. The van der Waals surface area contributed by atoms with Gasteiger partial charge in [0, 0.05) is 22.0 Å². The van der Waals surface area contributed by atoms with Crippen molar-refractivity contribution < 1.29 is 62.4 Å². The van der Waals surface area contributed by atoms with Crippen LogP contribution in [0.5, 0.6) is 46.0 Å². The number of carbonyl (C=O) groups is 1. The van der Waals surface area contributed by atoms with Crippen LogP contribution >= 0.6 is 0 Å². The molecule has 2 saturated heterocycles. The minimum Gasteiger partial charge on any atom is -0.493 e. The first-order chi connectivity index (χ1) is 37.2. The summed E-state index contributed by atoms with van der Waals surface area (Å²) in [6.07, 6.45) is 4.48. The van der Waals surface area contributed by atoms with Gasteiger partial charge in [0.1, 0.15) is 87.1 Å². The second-order valence-corrected chi connectivity index (χ2v) is 20.8. The number of rotatable bonds is 26. The van der Waals surface area contributed by atoms with Gasteiger partial charge in [0.25, 0.3) is 0 Å². The predicted octanol–water partition coefficient (Wildman–Crippen LogP) is 10.8. The van der Waals surface area contributed by atoms with E-state index in [0.717, 1.165) is 64.5 Å². The molecule has 13 heteroatoms. The van der Waals surface area contributed by atoms with Gasteiger partial charge in [-0.25, -0.2) is 0 Å². The summed E-state index contributed by atoms with van der Waals surface area (Å²) in [4.78, 5) is 13.8. The van der Waals surface area contributed by atoms with Crippen LogP contribution in [0.4, 0.5) is 0 Å². The van der Waals surface area contributed by atoms with E-state index in [1.54, 1.807) is 26.4 Å². The first-order valence-corrected chi connectivity index (χ1v) is 26.3. The van der Waals surface area contributed by atoms with Crippen molar-refractivity contribution in [2.75, 3.05) is 67.1 Å². The maximum absolute atomic E-state index is 13.8. The summed E-state index contributed by atoms with van der Waals surface area (Å²) in [5, 5.41) is 21.6. The molecule has 4 unspecified atom stereocenters. The molecule has 3 fully saturated rings. The molecule has 1 saturated carbocycles. The average molecular weight is 1050 g/mol. The van der Waals surface area contributed by atoms with Crippen molar-refractivity contribution in [3.05, 3.63) is 178 Å². The fourth-order valence-electron chi connectivity index (χ4n) is 9.13. The lowest BCUT2D eigenvalue weighted by Gasteiger charge is -2.26. The molecule has 77 heavy (non-hydrogen) atoms. The number of ketones is 1. The molecule has 0 amide bonds. The Morgan fingerprint density at radius 3 is 1.13 bits per heavy atom. The average Bonchev–Trinajstić information content (AvgIpc) is 4.41. The summed E-state index contributed by atoms with van der Waals surface area (Å²) in [7, 11) is 3.11. The van der Waals surface area contributed by atoms with Crippen molar-refractivity contribution in [2.24, 2.45) is 0 Å². The number of methoxy groups -OCH3 is 2. The van der Waals surface area contributed by atoms with Gasteiger partial charge in [0.05, 0.1) is 27.4 Å². The van der Waals surface area contributed by atoms with Gasteiger partial charge < -0.3 is 57.6 Å². The molecule has 2 N–H and O–H groups in total. The molecule has 1 aliphatic carbocycles. The van der Waals surface area contributed by atoms with Crippen LogP contribution in [0.15, 0.2) is 145 Å². The topological polar surface area (TPSA) is 156 Å². The van der Waals surface area contributed by atoms with Crippen LogP contribution in [-0.4, -0.2) is 107 Å². The van der Waals surface area contributed by atoms with Gasteiger partial charge >= 0.3 is 0 Å². The molecule has 0 aromatic heterocycles. The Labute approximate surface area is 451 Å². The highest BCUT2D eigenvalue weighted by molar-refractivity contribution is 6.14. The summed E-state index contributed by atoms with van der Waals surface area (Å²) in [6, 6.07) is 43.1. The molecule has 6 aromatic rings. The van der Waals surface area contributed by atoms with Gasteiger partial charge in [0.15, 0.2) is 28.8 Å². The zero-order chi connectivity index (χ0) is 53.9. The summed E-state index contributed by atoms with van der Waals surface area (Å²) in [6.45, 7) is 11.4. The molecular weight excluding hydrogens is 977 g/mol. The van der Waals surface area contributed by atoms with Crippen LogP contribution < -0.4 is 37.9 Å². The summed E-state index contributed by atoms with van der Waals surface area (Å²) >= 11 is 0. The van der Waals surface area contributed by atoms with Crippen LogP contribution in [0.25, 0.3) is 12.2 Å². The molecule has 13 nitrogen and oxygen atoms in total. The monoisotopic (exact) mass is 1050 g/mol. The minimum atomic E-state index is -0.906. The second-order valence-electron chi connectivity index (χ2n) is 20.8. The SMILES string of the molecule is COc1cc(/C=C2/CCC/C(=C/c3ccc(OCC(O)COc4ccc(C(C)(C)c5ccc(OCC6CO6)cc5)cc4)c(OC)c3)C2=O)ccc1OCC(O)COc1ccc(C(C)(C)c2ccc(OCC3CO3)cc2)cc1. The van der Waals surface area contributed by atoms with Crippen molar-refractivity contribution in [3.8, 4) is 46.0 Å². The van der Waals surface area contributed by atoms with E-state index in [2.05, 4.69) is 52.0 Å². The summed E-state index contributed by atoms with van der Waals surface area (Å²) in [5.41, 5.74) is 7.04. The highest BCUT2D eigenvalue weighted by atomic mass is 16.6. The maximum Gasteiger partial charge on any atom is 0.185 e. The summed E-state index contributed by atoms with van der Waals surface area (Å²) in [5.74, 6) is 4.79. The Balaban J connectivity index is 0.723. The number of aliphatic hydroxyl groups is 2. The molecule has 0 bridgehead atoms. The molecule has 6 aromatic carbocycles. The first-order valence-electron chi connectivity index (χ1n) is 26.3. The highest BCUT2D eigenvalue weighted by Crippen LogP contribution is 2.37. The molecule has 2 heterocycles. The number of hydrogen-bond acceptors (Lipinski definition) is 13. The van der Waals surface area contributed by atoms with E-state index in [-0.39, 0.29) is 55.2 Å². The van der Waals surface area contributed by atoms with E-state index in [4.69, 9.17) is 47.4 Å². The van der Waals surface area contributed by atoms with Crippen molar-refractivity contribution in [1.29, 1.82) is 0 Å². The molecule has 404 valence electrons. The van der Waals surface area contributed by atoms with Crippen molar-refractivity contribution in [2.45, 2.75) is 82.2 Å². The van der Waals surface area contributed by atoms with Gasteiger partial charge in [0.2, 0.25) is 0 Å². The molecule has 4 atom stereocenters. The third kappa shape index (κ3) is 14.6. The molecule has 0 spiro atoms. The smallest absolute Gasteiger partial charge is 0.185 e. The number of aliphatic hydroxyl groups excluding tert-OH is 2. The van der Waals surface area contributed by atoms with Gasteiger partial charge in [-0.3, -0.25) is 4.79 Å². The van der Waals surface area contributed by atoms with Crippen molar-refractivity contribution in [1.82, 2.24) is 0 Å². The maximum atomic E-state index is 13.8. The lowest BCUT2D eigenvalue weighted by atomic mass is 9.78. The first kappa shape index (κ1) is 54.5. The number of hydrogen-bond donors (Lipinski definition) is 2. The third-order valence-electron chi connectivity index (χ3n) is 14.3. The van der Waals surface area contributed by atoms with E-state index in [1.807, 2.05) is 109 Å². The number of allylic oxidation sites excluding steroid dienone is 2. The Kier molecular flexibility index (Phi) is 17.6. The van der Waals surface area contributed by atoms with Crippen LogP contribution in [0.2, 0.25) is 0 Å². The molecular formula is C64H70O13. The third-order valence-corrected chi connectivity index (χ3v) is 14.3. The Morgan fingerprint density at radius 2 is 0.805 bits per heavy atom. The van der Waals surface area contributed by atoms with Crippen molar-refractivity contribution in [3.63, 3.8) is 0 Å². The van der Waals surface area contributed by atoms with E-state index in [0.29, 0.717) is 71.7 Å². The quantitative estimate of drug-likeness (QED) is 0.0391. The van der Waals surface area contributed by atoms with Gasteiger partial charge in [-0.05, 0) is 138 Å². The number of ether oxygens (including phenoxy) is 10. The van der Waals surface area contributed by atoms with E-state index < -0.39 is 12.2 Å². The summed E-state index contributed by atoms with van der Waals surface area (Å²) < 4.78 is 57.3. The zero-order valence-corrected chi connectivity index (χ0v) is 44.8. The second kappa shape index (κ2) is 24.8. The zero-order valence-electron chi connectivity index (χ0n) is 44.8. The lowest BCUT2D eigenvalue weighted by Crippen LogP contribution is -2.25. The Morgan fingerprint density at radius 1 is 0.481 bits per heavy atom. The normalized spacial score (nSPS) is 18.1. The fraction of sp³-hybridized carbons (Fsp3) is 0.359. The van der Waals surface area contributed by atoms with Crippen LogP contribution in [0.3, 0.4) is 0 Å². The van der Waals surface area contributed by atoms with Gasteiger partial charge in [-0.1, -0.05) is 88.4 Å². The van der Waals surface area contributed by atoms with Crippen LogP contribution in [-0.2, 0) is 25.1 Å². The number of Topliss-reactive ketones (excluding diaryl/α,β-unsaturated/α-hetero) is 1. The number of carbonyl (C=O) groups excluding carboxylic acids is 1. The van der Waals surface area contributed by atoms with Gasteiger partial charge in [-0.15, -0.1) is 0 Å². The molecule has 9 rings (SSSR count).